The minimum Gasteiger partial charge on any atom is -0.447 e. The van der Waals surface area contributed by atoms with Crippen LogP contribution in [0.4, 0.5) is 5.69 Å². The third kappa shape index (κ3) is 3.59. The third-order valence-electron chi connectivity index (χ3n) is 3.26. The van der Waals surface area contributed by atoms with Gasteiger partial charge in [0.2, 0.25) is 5.89 Å². The van der Waals surface area contributed by atoms with Gasteiger partial charge in [-0.1, -0.05) is 35.9 Å². The van der Waals surface area contributed by atoms with Crippen LogP contribution in [0.25, 0.3) is 11.1 Å². The number of aromatic nitrogens is 1. The molecule has 0 unspecified atom stereocenters. The molecule has 1 amide bonds. The fraction of sp³-hybridized carbons (Fsp3) is 0.0588. The van der Waals surface area contributed by atoms with Gasteiger partial charge in [0.15, 0.2) is 5.69 Å². The first-order valence-corrected chi connectivity index (χ1v) is 7.35. The number of carbonyl (C=O) groups is 1. The Morgan fingerprint density at radius 3 is 2.65 bits per heavy atom. The number of oxazole rings is 1. The molecule has 0 bridgehead atoms. The van der Waals surface area contributed by atoms with E-state index in [2.05, 4.69) is 10.3 Å². The van der Waals surface area contributed by atoms with E-state index in [1.54, 1.807) is 6.07 Å². The average molecular weight is 328 g/mol. The van der Waals surface area contributed by atoms with Gasteiger partial charge in [0.05, 0.1) is 6.54 Å². The van der Waals surface area contributed by atoms with E-state index in [-0.39, 0.29) is 18.1 Å². The number of rotatable bonds is 4. The summed E-state index contributed by atoms with van der Waals surface area (Å²) < 4.78 is 5.07. The summed E-state index contributed by atoms with van der Waals surface area (Å²) in [6, 6.07) is 15.0. The molecule has 0 aliphatic carbocycles. The van der Waals surface area contributed by atoms with Crippen molar-refractivity contribution in [1.29, 1.82) is 0 Å². The maximum atomic E-state index is 12.1. The fourth-order valence-corrected chi connectivity index (χ4v) is 2.25. The number of nitrogens with zero attached hydrogens (tertiary/aromatic N) is 1. The first kappa shape index (κ1) is 15.3. The molecule has 0 saturated heterocycles. The predicted octanol–water partition coefficient (Wildman–Crippen LogP) is 3.71. The smallest absolute Gasteiger partial charge is 0.277 e. The van der Waals surface area contributed by atoms with Gasteiger partial charge >= 0.3 is 0 Å². The molecule has 0 radical (unpaired) electrons. The van der Waals surface area contributed by atoms with Crippen LogP contribution in [-0.4, -0.2) is 10.9 Å². The summed E-state index contributed by atoms with van der Waals surface area (Å²) in [6.07, 6.45) is 1.29. The second kappa shape index (κ2) is 6.64. The van der Waals surface area contributed by atoms with Crippen molar-refractivity contribution in [3.8, 4) is 11.1 Å². The molecule has 0 spiro atoms. The SMILES string of the molecule is NCc1nc(C(=O)Nc2cccc(-c3ccc(Cl)cc3)c2)co1. The van der Waals surface area contributed by atoms with E-state index < -0.39 is 0 Å². The van der Waals surface area contributed by atoms with Crippen molar-refractivity contribution < 1.29 is 9.21 Å². The van der Waals surface area contributed by atoms with Gasteiger partial charge in [0.1, 0.15) is 6.26 Å². The first-order chi connectivity index (χ1) is 11.2. The van der Waals surface area contributed by atoms with E-state index in [1.165, 1.54) is 6.26 Å². The van der Waals surface area contributed by atoms with Crippen LogP contribution in [0.2, 0.25) is 5.02 Å². The summed E-state index contributed by atoms with van der Waals surface area (Å²) in [4.78, 5) is 16.1. The Bertz CT molecular complexity index is 828. The summed E-state index contributed by atoms with van der Waals surface area (Å²) in [7, 11) is 0. The van der Waals surface area contributed by atoms with Crippen molar-refractivity contribution in [1.82, 2.24) is 4.98 Å². The number of halogens is 1. The van der Waals surface area contributed by atoms with Gasteiger partial charge in [-0.2, -0.15) is 0 Å². The zero-order valence-electron chi connectivity index (χ0n) is 12.1. The van der Waals surface area contributed by atoms with Crippen molar-refractivity contribution in [3.63, 3.8) is 0 Å². The van der Waals surface area contributed by atoms with Crippen molar-refractivity contribution in [2.45, 2.75) is 6.54 Å². The molecule has 6 heteroatoms. The highest BCUT2D eigenvalue weighted by atomic mass is 35.5. The summed E-state index contributed by atoms with van der Waals surface area (Å²) in [5, 5.41) is 3.47. The van der Waals surface area contributed by atoms with E-state index in [9.17, 15) is 4.79 Å². The summed E-state index contributed by atoms with van der Waals surface area (Å²) in [6.45, 7) is 0.152. The number of hydrogen-bond donors (Lipinski definition) is 2. The molecular formula is C17H14ClN3O2. The molecule has 1 heterocycles. The molecule has 23 heavy (non-hydrogen) atoms. The Morgan fingerprint density at radius 1 is 1.17 bits per heavy atom. The maximum Gasteiger partial charge on any atom is 0.277 e. The van der Waals surface area contributed by atoms with E-state index in [4.69, 9.17) is 21.8 Å². The van der Waals surface area contributed by atoms with Crippen molar-refractivity contribution in [3.05, 3.63) is 71.4 Å². The van der Waals surface area contributed by atoms with E-state index in [0.29, 0.717) is 16.6 Å². The molecule has 0 atom stereocenters. The minimum absolute atomic E-state index is 0.152. The van der Waals surface area contributed by atoms with Crippen molar-refractivity contribution in [2.75, 3.05) is 5.32 Å². The number of nitrogens with two attached hydrogens (primary N) is 1. The molecule has 1 aromatic heterocycles. The molecule has 5 nitrogen and oxygen atoms in total. The van der Waals surface area contributed by atoms with Gasteiger partial charge in [-0.25, -0.2) is 4.98 Å². The molecule has 116 valence electrons. The van der Waals surface area contributed by atoms with E-state index in [0.717, 1.165) is 11.1 Å². The monoisotopic (exact) mass is 327 g/mol. The lowest BCUT2D eigenvalue weighted by Crippen LogP contribution is -2.12. The second-order valence-electron chi connectivity index (χ2n) is 4.87. The Hall–Kier alpha value is -2.63. The van der Waals surface area contributed by atoms with Gasteiger partial charge in [-0.15, -0.1) is 0 Å². The fourth-order valence-electron chi connectivity index (χ4n) is 2.12. The van der Waals surface area contributed by atoms with Crippen LogP contribution in [-0.2, 0) is 6.54 Å². The zero-order chi connectivity index (χ0) is 16.2. The van der Waals surface area contributed by atoms with Crippen LogP contribution in [0, 0.1) is 0 Å². The highest BCUT2D eigenvalue weighted by Crippen LogP contribution is 2.24. The topological polar surface area (TPSA) is 81.1 Å². The molecule has 0 fully saturated rings. The van der Waals surface area contributed by atoms with Crippen LogP contribution in [0.5, 0.6) is 0 Å². The molecular weight excluding hydrogens is 314 g/mol. The molecule has 0 aliphatic heterocycles. The molecule has 3 aromatic rings. The van der Waals surface area contributed by atoms with E-state index >= 15 is 0 Å². The molecule has 3 rings (SSSR count). The number of benzene rings is 2. The van der Waals surface area contributed by atoms with Gasteiger partial charge in [-0.3, -0.25) is 4.79 Å². The number of amides is 1. The molecule has 2 aromatic carbocycles. The predicted molar refractivity (Wildman–Crippen MR) is 89.2 cm³/mol. The Kier molecular flexibility index (Phi) is 4.41. The Balaban J connectivity index is 1.79. The number of carbonyl (C=O) groups excluding carboxylic acids is 1. The maximum absolute atomic E-state index is 12.1. The van der Waals surface area contributed by atoms with Gasteiger partial charge in [-0.05, 0) is 35.4 Å². The number of nitrogens with one attached hydrogen (secondary N) is 1. The molecule has 0 saturated carbocycles. The summed E-state index contributed by atoms with van der Waals surface area (Å²) in [5.41, 5.74) is 8.26. The Morgan fingerprint density at radius 2 is 1.96 bits per heavy atom. The molecule has 0 aliphatic rings. The lowest BCUT2D eigenvalue weighted by Gasteiger charge is -2.06. The summed E-state index contributed by atoms with van der Waals surface area (Å²) in [5.74, 6) is -0.0215. The normalized spacial score (nSPS) is 10.5. The molecule has 3 N–H and O–H groups in total. The van der Waals surface area contributed by atoms with Crippen molar-refractivity contribution in [2.24, 2.45) is 5.73 Å². The first-order valence-electron chi connectivity index (χ1n) is 6.97. The number of anilines is 1. The average Bonchev–Trinajstić information content (AvgIpc) is 3.05. The van der Waals surface area contributed by atoms with Crippen molar-refractivity contribution >= 4 is 23.2 Å². The standard InChI is InChI=1S/C17H14ClN3O2/c18-13-6-4-11(5-7-13)12-2-1-3-14(8-12)20-17(22)15-10-23-16(9-19)21-15/h1-8,10H,9,19H2,(H,20,22). The lowest BCUT2D eigenvalue weighted by atomic mass is 10.1. The van der Waals surface area contributed by atoms with Crippen LogP contribution >= 0.6 is 11.6 Å². The highest BCUT2D eigenvalue weighted by Gasteiger charge is 2.12. The quantitative estimate of drug-likeness (QED) is 0.765. The van der Waals surface area contributed by atoms with Gasteiger partial charge in [0.25, 0.3) is 5.91 Å². The summed E-state index contributed by atoms with van der Waals surface area (Å²) >= 11 is 5.90. The van der Waals surface area contributed by atoms with Crippen LogP contribution < -0.4 is 11.1 Å². The highest BCUT2D eigenvalue weighted by molar-refractivity contribution is 6.30. The Labute approximate surface area is 138 Å². The van der Waals surface area contributed by atoms with E-state index in [1.807, 2.05) is 42.5 Å². The van der Waals surface area contributed by atoms with Crippen LogP contribution in [0.15, 0.2) is 59.2 Å². The largest absolute Gasteiger partial charge is 0.447 e. The third-order valence-corrected chi connectivity index (χ3v) is 3.51. The zero-order valence-corrected chi connectivity index (χ0v) is 12.9. The minimum atomic E-state index is -0.346. The van der Waals surface area contributed by atoms with Crippen LogP contribution in [0.3, 0.4) is 0 Å². The van der Waals surface area contributed by atoms with Crippen LogP contribution in [0.1, 0.15) is 16.4 Å². The second-order valence-corrected chi connectivity index (χ2v) is 5.31. The lowest BCUT2D eigenvalue weighted by molar-refractivity contribution is 0.102. The van der Waals surface area contributed by atoms with Gasteiger partial charge in [0, 0.05) is 10.7 Å². The van der Waals surface area contributed by atoms with Gasteiger partial charge < -0.3 is 15.5 Å². The number of hydrogen-bond acceptors (Lipinski definition) is 4.